The van der Waals surface area contributed by atoms with Gasteiger partial charge >= 0.3 is 5.97 Å². The maximum absolute atomic E-state index is 11.9. The van der Waals surface area contributed by atoms with Crippen LogP contribution in [-0.2, 0) is 16.0 Å². The van der Waals surface area contributed by atoms with Crippen LogP contribution >= 0.6 is 23.2 Å². The maximum atomic E-state index is 11.9. The molecule has 122 valence electrons. The van der Waals surface area contributed by atoms with Crippen LogP contribution < -0.4 is 5.32 Å². The highest BCUT2D eigenvalue weighted by Crippen LogP contribution is 2.23. The molecule has 1 amide bonds. The maximum Gasteiger partial charge on any atom is 0.303 e. The van der Waals surface area contributed by atoms with E-state index in [0.29, 0.717) is 29.3 Å². The Kier molecular flexibility index (Phi) is 7.17. The second-order valence-electron chi connectivity index (χ2n) is 5.93. The fourth-order valence-electron chi connectivity index (χ4n) is 2.07. The normalized spacial score (nSPS) is 11.3. The van der Waals surface area contributed by atoms with Crippen LogP contribution in [0.3, 0.4) is 0 Å². The van der Waals surface area contributed by atoms with E-state index in [-0.39, 0.29) is 12.3 Å². The fraction of sp³-hybridized carbons (Fsp3) is 0.500. The lowest BCUT2D eigenvalue weighted by Gasteiger charge is -2.25. The van der Waals surface area contributed by atoms with Crippen molar-refractivity contribution in [2.24, 2.45) is 0 Å². The van der Waals surface area contributed by atoms with Crippen LogP contribution in [-0.4, -0.2) is 22.5 Å². The van der Waals surface area contributed by atoms with E-state index in [1.807, 2.05) is 19.9 Å². The van der Waals surface area contributed by atoms with Gasteiger partial charge in [-0.05, 0) is 50.8 Å². The van der Waals surface area contributed by atoms with Crippen LogP contribution in [0.1, 0.15) is 45.1 Å². The zero-order valence-corrected chi connectivity index (χ0v) is 14.3. The summed E-state index contributed by atoms with van der Waals surface area (Å²) in [5.41, 5.74) is 0.520. The number of halogens is 2. The number of nitrogens with one attached hydrogen (secondary N) is 1. The summed E-state index contributed by atoms with van der Waals surface area (Å²) in [7, 11) is 0. The largest absolute Gasteiger partial charge is 0.481 e. The zero-order chi connectivity index (χ0) is 16.8. The predicted molar refractivity (Wildman–Crippen MR) is 88.5 cm³/mol. The van der Waals surface area contributed by atoms with Gasteiger partial charge in [-0.15, -0.1) is 0 Å². The predicted octanol–water partition coefficient (Wildman–Crippen LogP) is 4.08. The molecule has 1 rings (SSSR count). The minimum Gasteiger partial charge on any atom is -0.481 e. The highest BCUT2D eigenvalue weighted by atomic mass is 35.5. The van der Waals surface area contributed by atoms with Gasteiger partial charge in [0.1, 0.15) is 0 Å². The van der Waals surface area contributed by atoms with E-state index in [2.05, 4.69) is 5.32 Å². The number of benzene rings is 1. The number of carboxylic acids is 1. The van der Waals surface area contributed by atoms with Gasteiger partial charge in [0.2, 0.25) is 5.91 Å². The second kappa shape index (κ2) is 8.39. The molecule has 0 heterocycles. The van der Waals surface area contributed by atoms with Gasteiger partial charge < -0.3 is 10.4 Å². The summed E-state index contributed by atoms with van der Waals surface area (Å²) in [6.07, 6.45) is 2.26. The van der Waals surface area contributed by atoms with E-state index in [0.717, 1.165) is 12.0 Å². The molecule has 0 aliphatic heterocycles. The molecule has 0 saturated carbocycles. The van der Waals surface area contributed by atoms with Crippen LogP contribution in [0.4, 0.5) is 0 Å². The molecule has 0 atom stereocenters. The van der Waals surface area contributed by atoms with E-state index < -0.39 is 11.5 Å². The molecule has 0 aliphatic carbocycles. The summed E-state index contributed by atoms with van der Waals surface area (Å²) in [5, 5.41) is 12.6. The van der Waals surface area contributed by atoms with Crippen LogP contribution in [0.5, 0.6) is 0 Å². The van der Waals surface area contributed by atoms with Crippen molar-refractivity contribution in [1.82, 2.24) is 5.32 Å². The quantitative estimate of drug-likeness (QED) is 0.745. The van der Waals surface area contributed by atoms with Crippen molar-refractivity contribution in [2.75, 3.05) is 0 Å². The van der Waals surface area contributed by atoms with E-state index in [1.165, 1.54) is 0 Å². The number of carboxylic acid groups (broad SMARTS) is 1. The van der Waals surface area contributed by atoms with Gasteiger partial charge in [0, 0.05) is 18.4 Å². The van der Waals surface area contributed by atoms with Crippen molar-refractivity contribution in [3.63, 3.8) is 0 Å². The molecular weight excluding hydrogens is 325 g/mol. The lowest BCUT2D eigenvalue weighted by molar-refractivity contribution is -0.137. The third-order valence-electron chi connectivity index (χ3n) is 3.29. The number of rotatable bonds is 8. The Morgan fingerprint density at radius 3 is 2.45 bits per heavy atom. The van der Waals surface area contributed by atoms with E-state index >= 15 is 0 Å². The van der Waals surface area contributed by atoms with Crippen molar-refractivity contribution >= 4 is 35.1 Å². The van der Waals surface area contributed by atoms with Gasteiger partial charge in [-0.25, -0.2) is 0 Å². The number of carbonyl (C=O) groups excluding carboxylic acids is 1. The first-order valence-corrected chi connectivity index (χ1v) is 7.92. The molecule has 1 aromatic rings. The summed E-state index contributed by atoms with van der Waals surface area (Å²) in [6.45, 7) is 3.65. The minimum atomic E-state index is -0.859. The Balaban J connectivity index is 2.36. The highest BCUT2D eigenvalue weighted by Gasteiger charge is 2.21. The van der Waals surface area contributed by atoms with E-state index in [9.17, 15) is 9.59 Å². The van der Waals surface area contributed by atoms with Crippen molar-refractivity contribution in [1.29, 1.82) is 0 Å². The van der Waals surface area contributed by atoms with Crippen LogP contribution in [0.25, 0.3) is 0 Å². The van der Waals surface area contributed by atoms with Crippen LogP contribution in [0.15, 0.2) is 18.2 Å². The first-order chi connectivity index (χ1) is 10.2. The molecule has 22 heavy (non-hydrogen) atoms. The Morgan fingerprint density at radius 2 is 1.86 bits per heavy atom. The third-order valence-corrected chi connectivity index (χ3v) is 4.03. The molecular formula is C16H21Cl2NO3. The second-order valence-corrected chi connectivity index (χ2v) is 6.74. The third kappa shape index (κ3) is 7.14. The van der Waals surface area contributed by atoms with Gasteiger partial charge in [-0.2, -0.15) is 0 Å². The molecule has 0 radical (unpaired) electrons. The number of hydrogen-bond acceptors (Lipinski definition) is 2. The first-order valence-electron chi connectivity index (χ1n) is 7.16. The summed E-state index contributed by atoms with van der Waals surface area (Å²) >= 11 is 11.8. The summed E-state index contributed by atoms with van der Waals surface area (Å²) in [6, 6.07) is 5.44. The number of aryl methyl sites for hydroxylation is 1. The molecule has 0 unspecified atom stereocenters. The molecule has 4 nitrogen and oxygen atoms in total. The van der Waals surface area contributed by atoms with Crippen molar-refractivity contribution in [2.45, 2.75) is 51.5 Å². The van der Waals surface area contributed by atoms with Gasteiger partial charge in [-0.1, -0.05) is 29.3 Å². The Bertz CT molecular complexity index is 544. The Morgan fingerprint density at radius 1 is 1.18 bits per heavy atom. The van der Waals surface area contributed by atoms with Crippen molar-refractivity contribution < 1.29 is 14.7 Å². The number of carbonyl (C=O) groups is 2. The lowest BCUT2D eigenvalue weighted by Crippen LogP contribution is -2.43. The Hall–Kier alpha value is -1.26. The van der Waals surface area contributed by atoms with Crippen molar-refractivity contribution in [3.05, 3.63) is 33.8 Å². The molecule has 0 fully saturated rings. The first kappa shape index (κ1) is 18.8. The van der Waals surface area contributed by atoms with Crippen LogP contribution in [0.2, 0.25) is 10.0 Å². The zero-order valence-electron chi connectivity index (χ0n) is 12.8. The summed E-state index contributed by atoms with van der Waals surface area (Å²) in [5.74, 6) is -0.933. The van der Waals surface area contributed by atoms with Gasteiger partial charge in [0.15, 0.2) is 0 Å². The fourth-order valence-corrected chi connectivity index (χ4v) is 2.39. The van der Waals surface area contributed by atoms with Crippen LogP contribution in [0, 0.1) is 0 Å². The topological polar surface area (TPSA) is 66.4 Å². The number of aliphatic carboxylic acids is 1. The monoisotopic (exact) mass is 345 g/mol. The molecule has 0 aliphatic rings. The van der Waals surface area contributed by atoms with Gasteiger partial charge in [0.05, 0.1) is 10.0 Å². The highest BCUT2D eigenvalue weighted by molar-refractivity contribution is 6.42. The standard InChI is InChI=1S/C16H21Cl2NO3/c1-16(2,9-8-15(21)22)19-14(20)5-3-4-11-6-7-12(17)13(18)10-11/h6-7,10H,3-5,8-9H2,1-2H3,(H,19,20)(H,21,22). The molecule has 0 saturated heterocycles. The molecule has 6 heteroatoms. The molecule has 0 spiro atoms. The number of amides is 1. The molecule has 0 aromatic heterocycles. The van der Waals surface area contributed by atoms with Gasteiger partial charge in [0.25, 0.3) is 0 Å². The molecule has 0 bridgehead atoms. The Labute approximate surface area is 140 Å². The van der Waals surface area contributed by atoms with Crippen molar-refractivity contribution in [3.8, 4) is 0 Å². The SMILES string of the molecule is CC(C)(CCC(=O)O)NC(=O)CCCc1ccc(Cl)c(Cl)c1. The summed E-state index contributed by atoms with van der Waals surface area (Å²) in [4.78, 5) is 22.5. The van der Waals surface area contributed by atoms with Gasteiger partial charge in [-0.3, -0.25) is 9.59 Å². The average Bonchev–Trinajstić information content (AvgIpc) is 2.40. The number of hydrogen-bond donors (Lipinski definition) is 2. The minimum absolute atomic E-state index is 0.0382. The molecule has 2 N–H and O–H groups in total. The lowest BCUT2D eigenvalue weighted by atomic mass is 9.98. The average molecular weight is 346 g/mol. The summed E-state index contributed by atoms with van der Waals surface area (Å²) < 4.78 is 0. The van der Waals surface area contributed by atoms with E-state index in [4.69, 9.17) is 28.3 Å². The molecule has 1 aromatic carbocycles. The van der Waals surface area contributed by atoms with E-state index in [1.54, 1.807) is 12.1 Å². The smallest absolute Gasteiger partial charge is 0.303 e.